The fourth-order valence-corrected chi connectivity index (χ4v) is 4.36. The van der Waals surface area contributed by atoms with Gasteiger partial charge in [0.2, 0.25) is 5.91 Å². The largest absolute Gasteiger partial charge is 0.492 e. The Morgan fingerprint density at radius 1 is 1.44 bits per heavy atom. The summed E-state index contributed by atoms with van der Waals surface area (Å²) in [6.45, 7) is 1.17. The van der Waals surface area contributed by atoms with Crippen molar-refractivity contribution in [3.63, 3.8) is 0 Å². The van der Waals surface area contributed by atoms with Crippen molar-refractivity contribution >= 4 is 57.0 Å². The highest BCUT2D eigenvalue weighted by molar-refractivity contribution is 8.18. The molecule has 8 nitrogen and oxygen atoms in total. The zero-order chi connectivity index (χ0) is 22.7. The number of thiazole rings is 1. The normalized spacial score (nSPS) is 18.4. The number of thioether (sulfide) groups is 1. The number of amides is 2. The number of anilines is 1. The summed E-state index contributed by atoms with van der Waals surface area (Å²) in [5.74, 6) is -0.362. The maximum Gasteiger partial charge on any atom is 0.264 e. The second kappa shape index (κ2) is 9.80. The molecule has 2 heterocycles. The number of nitrogens with one attached hydrogen (secondary N) is 2. The van der Waals surface area contributed by atoms with Crippen molar-refractivity contribution in [2.75, 3.05) is 32.6 Å². The monoisotopic (exact) mass is 475 g/mol. The molecule has 0 atom stereocenters. The topological polar surface area (TPSA) is 95.9 Å². The van der Waals surface area contributed by atoms with Gasteiger partial charge in [0, 0.05) is 24.7 Å². The number of ether oxygens (including phenoxy) is 1. The molecule has 1 aliphatic carbocycles. The molecule has 4 rings (SSSR count). The van der Waals surface area contributed by atoms with Gasteiger partial charge in [-0.05, 0) is 56.9 Å². The number of amidine groups is 1. The number of halogens is 1. The van der Waals surface area contributed by atoms with Crippen LogP contribution in [0.1, 0.15) is 17.7 Å². The minimum Gasteiger partial charge on any atom is -0.492 e. The lowest BCUT2D eigenvalue weighted by molar-refractivity contribution is -0.117. The van der Waals surface area contributed by atoms with Gasteiger partial charge in [-0.15, -0.1) is 0 Å². The molecule has 2 aromatic rings. The van der Waals surface area contributed by atoms with E-state index in [1.54, 1.807) is 18.3 Å². The third kappa shape index (κ3) is 5.93. The molecule has 1 aromatic carbocycles. The number of hydrogen-bond donors (Lipinski definition) is 2. The summed E-state index contributed by atoms with van der Waals surface area (Å²) in [6.07, 6.45) is 5.10. The Bertz CT molecular complexity index is 1090. The number of benzene rings is 1. The van der Waals surface area contributed by atoms with Gasteiger partial charge >= 0.3 is 0 Å². The van der Waals surface area contributed by atoms with Gasteiger partial charge in [-0.3, -0.25) is 9.59 Å². The summed E-state index contributed by atoms with van der Waals surface area (Å²) in [7, 11) is 3.86. The van der Waals surface area contributed by atoms with E-state index in [0.29, 0.717) is 22.4 Å². The average Bonchev–Trinajstić information content (AvgIpc) is 3.42. The quantitative estimate of drug-likeness (QED) is 0.568. The molecule has 2 amide bonds. The molecule has 0 bridgehead atoms. The van der Waals surface area contributed by atoms with Gasteiger partial charge < -0.3 is 20.3 Å². The van der Waals surface area contributed by atoms with E-state index in [0.717, 1.165) is 36.0 Å². The number of aliphatic imine (C=N–C) groups is 1. The third-order valence-corrected chi connectivity index (χ3v) is 6.34. The molecular weight excluding hydrogens is 453 g/mol. The third-order valence-electron chi connectivity index (χ3n) is 4.57. The Balaban J connectivity index is 1.39. The molecule has 1 aromatic heterocycles. The van der Waals surface area contributed by atoms with E-state index in [4.69, 9.17) is 4.74 Å². The predicted octanol–water partition coefficient (Wildman–Crippen LogP) is 3.46. The molecular formula is C21H22FN5O3S2. The van der Waals surface area contributed by atoms with Crippen molar-refractivity contribution in [1.82, 2.24) is 15.2 Å². The fraction of sp³-hybridized carbons (Fsp3) is 0.333. The van der Waals surface area contributed by atoms with E-state index >= 15 is 0 Å². The molecule has 0 spiro atoms. The van der Waals surface area contributed by atoms with Crippen LogP contribution in [0, 0.1) is 11.7 Å². The van der Waals surface area contributed by atoms with Gasteiger partial charge in [-0.25, -0.2) is 14.4 Å². The summed E-state index contributed by atoms with van der Waals surface area (Å²) < 4.78 is 19.9. The van der Waals surface area contributed by atoms with Crippen LogP contribution in [0.5, 0.6) is 5.75 Å². The van der Waals surface area contributed by atoms with Gasteiger partial charge in [0.25, 0.3) is 5.91 Å². The molecule has 1 saturated carbocycles. The standard InChI is InChI=1S/C21H22FN5O3S2/c1-27(2)7-8-30-13-5-6-16(15(22)9-13)24-21-26-19(29)17(32-21)10-14-11-23-20(31-14)25-18(28)12-3-4-12/h5-6,9-12H,3-4,7-8H2,1-2H3,(H,23,25,28)(H,24,26,29)/b17-10-. The first-order valence-corrected chi connectivity index (χ1v) is 11.6. The predicted molar refractivity (Wildman–Crippen MR) is 125 cm³/mol. The number of carbonyl (C=O) groups excluding carboxylic acids is 2. The molecule has 1 aliphatic heterocycles. The fourth-order valence-electron chi connectivity index (χ4n) is 2.70. The smallest absolute Gasteiger partial charge is 0.264 e. The van der Waals surface area contributed by atoms with Crippen LogP contribution in [0.2, 0.25) is 0 Å². The highest BCUT2D eigenvalue weighted by Crippen LogP contribution is 2.33. The van der Waals surface area contributed by atoms with Crippen LogP contribution >= 0.6 is 23.1 Å². The van der Waals surface area contributed by atoms with Crippen LogP contribution in [0.4, 0.5) is 15.2 Å². The van der Waals surface area contributed by atoms with Crippen molar-refractivity contribution in [3.8, 4) is 5.75 Å². The maximum atomic E-state index is 14.4. The number of nitrogens with zero attached hydrogens (tertiary/aromatic N) is 3. The Labute approximate surface area is 193 Å². The molecule has 11 heteroatoms. The molecule has 0 radical (unpaired) electrons. The highest BCUT2D eigenvalue weighted by atomic mass is 32.2. The summed E-state index contributed by atoms with van der Waals surface area (Å²) in [4.78, 5) is 35.6. The van der Waals surface area contributed by atoms with E-state index in [1.807, 2.05) is 19.0 Å². The van der Waals surface area contributed by atoms with Gasteiger partial charge in [0.15, 0.2) is 16.1 Å². The highest BCUT2D eigenvalue weighted by Gasteiger charge is 2.30. The van der Waals surface area contributed by atoms with Crippen molar-refractivity contribution in [1.29, 1.82) is 0 Å². The zero-order valence-electron chi connectivity index (χ0n) is 17.6. The zero-order valence-corrected chi connectivity index (χ0v) is 19.2. The Hall–Kier alpha value is -2.76. The summed E-state index contributed by atoms with van der Waals surface area (Å²) in [5.41, 5.74) is 0.108. The van der Waals surface area contributed by atoms with E-state index in [2.05, 4.69) is 20.6 Å². The van der Waals surface area contributed by atoms with Crippen molar-refractivity contribution < 1.29 is 18.7 Å². The van der Waals surface area contributed by atoms with Gasteiger partial charge in [-0.2, -0.15) is 0 Å². The van der Waals surface area contributed by atoms with Crippen LogP contribution in [0.25, 0.3) is 6.08 Å². The number of carbonyl (C=O) groups is 2. The van der Waals surface area contributed by atoms with Crippen LogP contribution < -0.4 is 15.4 Å². The molecule has 2 N–H and O–H groups in total. The maximum absolute atomic E-state index is 14.4. The minimum atomic E-state index is -0.536. The van der Waals surface area contributed by atoms with Gasteiger partial charge in [0.1, 0.15) is 18.0 Å². The Kier molecular flexibility index (Phi) is 6.87. The van der Waals surface area contributed by atoms with Gasteiger partial charge in [0.05, 0.1) is 9.78 Å². The Morgan fingerprint density at radius 3 is 2.97 bits per heavy atom. The van der Waals surface area contributed by atoms with Crippen LogP contribution in [-0.2, 0) is 9.59 Å². The first-order chi connectivity index (χ1) is 15.4. The van der Waals surface area contributed by atoms with E-state index in [9.17, 15) is 14.0 Å². The first-order valence-electron chi connectivity index (χ1n) is 10.0. The number of likely N-dealkylation sites (N-methyl/N-ethyl adjacent to an activating group) is 1. The van der Waals surface area contributed by atoms with Crippen molar-refractivity contribution in [2.24, 2.45) is 10.9 Å². The van der Waals surface area contributed by atoms with E-state index < -0.39 is 5.82 Å². The summed E-state index contributed by atoms with van der Waals surface area (Å²) in [6, 6.07) is 4.44. The van der Waals surface area contributed by atoms with Crippen LogP contribution in [0.15, 0.2) is 34.3 Å². The summed E-state index contributed by atoms with van der Waals surface area (Å²) >= 11 is 2.40. The van der Waals surface area contributed by atoms with Crippen molar-refractivity contribution in [2.45, 2.75) is 12.8 Å². The molecule has 2 aliphatic rings. The number of aromatic nitrogens is 1. The van der Waals surface area contributed by atoms with E-state index in [1.165, 1.54) is 23.5 Å². The SMILES string of the molecule is CN(C)CCOc1ccc(/N=C2/NC(=O)/C(=C/c3cnc(NC(=O)C4CC4)s3)S2)c(F)c1. The van der Waals surface area contributed by atoms with E-state index in [-0.39, 0.29) is 28.6 Å². The molecule has 2 fully saturated rings. The second-order valence-corrected chi connectivity index (χ2v) is 9.67. The number of rotatable bonds is 8. The minimum absolute atomic E-state index is 0.0166. The first kappa shape index (κ1) is 22.4. The Morgan fingerprint density at radius 2 is 2.25 bits per heavy atom. The molecule has 168 valence electrons. The molecule has 0 unspecified atom stereocenters. The lowest BCUT2D eigenvalue weighted by Gasteiger charge is -2.11. The lowest BCUT2D eigenvalue weighted by Crippen LogP contribution is -2.19. The van der Waals surface area contributed by atoms with Crippen molar-refractivity contribution in [3.05, 3.63) is 40.0 Å². The second-order valence-electron chi connectivity index (χ2n) is 7.58. The average molecular weight is 476 g/mol. The number of hydrogen-bond acceptors (Lipinski definition) is 8. The van der Waals surface area contributed by atoms with Crippen LogP contribution in [0.3, 0.4) is 0 Å². The summed E-state index contributed by atoms with van der Waals surface area (Å²) in [5, 5.41) is 6.21. The van der Waals surface area contributed by atoms with Crippen LogP contribution in [-0.4, -0.2) is 54.1 Å². The lowest BCUT2D eigenvalue weighted by atomic mass is 10.3. The molecule has 1 saturated heterocycles. The molecule has 32 heavy (non-hydrogen) atoms. The van der Waals surface area contributed by atoms with Gasteiger partial charge in [-0.1, -0.05) is 11.3 Å².